The number of esters is 2. The van der Waals surface area contributed by atoms with Gasteiger partial charge in [0.05, 0.1) is 25.7 Å². The molecule has 146 valence electrons. The molecule has 0 aliphatic rings. The van der Waals surface area contributed by atoms with Gasteiger partial charge in [-0.25, -0.2) is 4.79 Å². The molecule has 0 aromatic carbocycles. The number of amides is 1. The number of carbonyl (C=O) groups is 3. The molecule has 0 aliphatic heterocycles. The summed E-state index contributed by atoms with van der Waals surface area (Å²) in [6, 6.07) is 0. The standard InChI is InChI=1S/C18H33NO6/c1-4-6-12-23-16(20)10-8-7-9-13-25-18(22)19-11-14-24-17(21)15(3)5-2/h15H,4-14H2,1-3H3,(H,19,22). The summed E-state index contributed by atoms with van der Waals surface area (Å²) >= 11 is 0. The number of carbonyl (C=O) groups excluding carboxylic acids is 3. The maximum absolute atomic E-state index is 11.4. The molecule has 0 aromatic heterocycles. The normalized spacial score (nSPS) is 11.5. The smallest absolute Gasteiger partial charge is 0.407 e. The van der Waals surface area contributed by atoms with Crippen LogP contribution in [0.15, 0.2) is 0 Å². The van der Waals surface area contributed by atoms with Crippen molar-refractivity contribution in [1.29, 1.82) is 0 Å². The number of hydrogen-bond donors (Lipinski definition) is 1. The van der Waals surface area contributed by atoms with Crippen molar-refractivity contribution in [2.45, 2.75) is 65.7 Å². The molecule has 7 heteroatoms. The average molecular weight is 359 g/mol. The number of unbranched alkanes of at least 4 members (excludes halogenated alkanes) is 3. The Kier molecular flexibility index (Phi) is 14.6. The molecule has 0 fully saturated rings. The second-order valence-corrected chi connectivity index (χ2v) is 5.92. The molecule has 0 aromatic rings. The third-order valence-electron chi connectivity index (χ3n) is 3.65. The van der Waals surface area contributed by atoms with Crippen LogP contribution in [0.2, 0.25) is 0 Å². The molecule has 7 nitrogen and oxygen atoms in total. The van der Waals surface area contributed by atoms with Crippen molar-refractivity contribution in [3.8, 4) is 0 Å². The first-order chi connectivity index (χ1) is 12.0. The van der Waals surface area contributed by atoms with E-state index in [1.165, 1.54) is 0 Å². The van der Waals surface area contributed by atoms with E-state index in [9.17, 15) is 14.4 Å². The highest BCUT2D eigenvalue weighted by atomic mass is 16.6. The molecular weight excluding hydrogens is 326 g/mol. The number of ether oxygens (including phenoxy) is 3. The van der Waals surface area contributed by atoms with Crippen LogP contribution in [0.3, 0.4) is 0 Å². The predicted molar refractivity (Wildman–Crippen MR) is 94.1 cm³/mol. The summed E-state index contributed by atoms with van der Waals surface area (Å²) in [5.74, 6) is -0.555. The topological polar surface area (TPSA) is 90.9 Å². The summed E-state index contributed by atoms with van der Waals surface area (Å²) in [6.45, 7) is 6.91. The Labute approximate surface area is 150 Å². The van der Waals surface area contributed by atoms with Gasteiger partial charge in [0.1, 0.15) is 6.61 Å². The highest BCUT2D eigenvalue weighted by Crippen LogP contribution is 2.03. The lowest BCUT2D eigenvalue weighted by Crippen LogP contribution is -2.29. The Morgan fingerprint density at radius 3 is 2.28 bits per heavy atom. The summed E-state index contributed by atoms with van der Waals surface area (Å²) in [7, 11) is 0. The summed E-state index contributed by atoms with van der Waals surface area (Å²) < 4.78 is 15.1. The summed E-state index contributed by atoms with van der Waals surface area (Å²) in [5.41, 5.74) is 0. The lowest BCUT2D eigenvalue weighted by atomic mass is 10.1. The number of nitrogens with one attached hydrogen (secondary N) is 1. The first kappa shape index (κ1) is 23.2. The van der Waals surface area contributed by atoms with Gasteiger partial charge in [0.25, 0.3) is 0 Å². The van der Waals surface area contributed by atoms with Gasteiger partial charge in [0, 0.05) is 6.42 Å². The zero-order valence-corrected chi connectivity index (χ0v) is 15.8. The van der Waals surface area contributed by atoms with Gasteiger partial charge in [-0.15, -0.1) is 0 Å². The minimum Gasteiger partial charge on any atom is -0.466 e. The molecule has 0 radical (unpaired) electrons. The van der Waals surface area contributed by atoms with E-state index in [0.717, 1.165) is 32.1 Å². The van der Waals surface area contributed by atoms with Gasteiger partial charge in [-0.05, 0) is 32.1 Å². The molecule has 25 heavy (non-hydrogen) atoms. The Hall–Kier alpha value is -1.79. The predicted octanol–water partition coefficient (Wildman–Crippen LogP) is 3.21. The fourth-order valence-electron chi connectivity index (χ4n) is 1.78. The van der Waals surface area contributed by atoms with E-state index in [1.807, 2.05) is 13.8 Å². The van der Waals surface area contributed by atoms with E-state index in [4.69, 9.17) is 14.2 Å². The number of alkyl carbamates (subject to hydrolysis) is 1. The monoisotopic (exact) mass is 359 g/mol. The van der Waals surface area contributed by atoms with Gasteiger partial charge < -0.3 is 19.5 Å². The fourth-order valence-corrected chi connectivity index (χ4v) is 1.78. The minimum absolute atomic E-state index is 0.129. The van der Waals surface area contributed by atoms with Crippen molar-refractivity contribution in [3.05, 3.63) is 0 Å². The van der Waals surface area contributed by atoms with E-state index in [0.29, 0.717) is 26.1 Å². The number of rotatable bonds is 14. The first-order valence-electron chi connectivity index (χ1n) is 9.24. The zero-order chi connectivity index (χ0) is 18.9. The van der Waals surface area contributed by atoms with Crippen LogP contribution < -0.4 is 5.32 Å². The van der Waals surface area contributed by atoms with Gasteiger partial charge in [0.2, 0.25) is 0 Å². The van der Waals surface area contributed by atoms with Crippen molar-refractivity contribution >= 4 is 18.0 Å². The molecule has 0 aliphatic carbocycles. The molecule has 0 spiro atoms. The molecule has 0 saturated heterocycles. The van der Waals surface area contributed by atoms with Gasteiger partial charge >= 0.3 is 18.0 Å². The van der Waals surface area contributed by atoms with Crippen molar-refractivity contribution in [3.63, 3.8) is 0 Å². The fraction of sp³-hybridized carbons (Fsp3) is 0.833. The maximum atomic E-state index is 11.4. The van der Waals surface area contributed by atoms with Crippen molar-refractivity contribution in [2.75, 3.05) is 26.4 Å². The molecular formula is C18H33NO6. The first-order valence-corrected chi connectivity index (χ1v) is 9.24. The molecule has 0 bridgehead atoms. The van der Waals surface area contributed by atoms with Crippen LogP contribution in [0, 0.1) is 5.92 Å². The van der Waals surface area contributed by atoms with Crippen LogP contribution in [-0.4, -0.2) is 44.4 Å². The summed E-state index contributed by atoms with van der Waals surface area (Å²) in [5, 5.41) is 2.52. The Morgan fingerprint density at radius 2 is 1.60 bits per heavy atom. The van der Waals surface area contributed by atoms with Crippen LogP contribution in [0.5, 0.6) is 0 Å². The van der Waals surface area contributed by atoms with Crippen molar-refractivity contribution < 1.29 is 28.6 Å². The molecule has 0 saturated carbocycles. The SMILES string of the molecule is CCCCOC(=O)CCCCCOC(=O)NCCOC(=O)C(C)CC. The lowest BCUT2D eigenvalue weighted by Gasteiger charge is -2.10. The van der Waals surface area contributed by atoms with Crippen LogP contribution in [0.4, 0.5) is 4.79 Å². The molecule has 1 amide bonds. The third kappa shape index (κ3) is 14.3. The van der Waals surface area contributed by atoms with Crippen LogP contribution in [0.1, 0.15) is 65.7 Å². The largest absolute Gasteiger partial charge is 0.466 e. The van der Waals surface area contributed by atoms with Crippen molar-refractivity contribution in [1.82, 2.24) is 5.32 Å². The molecule has 1 N–H and O–H groups in total. The zero-order valence-electron chi connectivity index (χ0n) is 15.8. The second kappa shape index (κ2) is 15.7. The van der Waals surface area contributed by atoms with Gasteiger partial charge in [0.15, 0.2) is 0 Å². The summed E-state index contributed by atoms with van der Waals surface area (Å²) in [4.78, 5) is 34.2. The third-order valence-corrected chi connectivity index (χ3v) is 3.65. The Morgan fingerprint density at radius 1 is 0.880 bits per heavy atom. The van der Waals surface area contributed by atoms with E-state index < -0.39 is 6.09 Å². The average Bonchev–Trinajstić information content (AvgIpc) is 2.60. The lowest BCUT2D eigenvalue weighted by molar-refractivity contribution is -0.148. The molecule has 1 atom stereocenters. The molecule has 0 heterocycles. The minimum atomic E-state index is -0.529. The van der Waals surface area contributed by atoms with E-state index in [1.54, 1.807) is 6.92 Å². The van der Waals surface area contributed by atoms with Gasteiger partial charge in [-0.1, -0.05) is 27.2 Å². The summed E-state index contributed by atoms with van der Waals surface area (Å²) in [6.07, 6.45) is 4.71. The highest BCUT2D eigenvalue weighted by molar-refractivity contribution is 5.72. The maximum Gasteiger partial charge on any atom is 0.407 e. The molecule has 1 unspecified atom stereocenters. The van der Waals surface area contributed by atoms with E-state index in [-0.39, 0.29) is 31.0 Å². The van der Waals surface area contributed by atoms with Crippen LogP contribution in [0.25, 0.3) is 0 Å². The number of hydrogen-bond acceptors (Lipinski definition) is 6. The van der Waals surface area contributed by atoms with Crippen molar-refractivity contribution in [2.24, 2.45) is 5.92 Å². The van der Waals surface area contributed by atoms with Gasteiger partial charge in [-0.3, -0.25) is 9.59 Å². The van der Waals surface area contributed by atoms with E-state index >= 15 is 0 Å². The Balaban J connectivity index is 3.44. The van der Waals surface area contributed by atoms with Crippen LogP contribution in [-0.2, 0) is 23.8 Å². The van der Waals surface area contributed by atoms with Crippen LogP contribution >= 0.6 is 0 Å². The molecule has 0 rings (SSSR count). The Bertz CT molecular complexity index is 386. The van der Waals surface area contributed by atoms with Gasteiger partial charge in [-0.2, -0.15) is 0 Å². The quantitative estimate of drug-likeness (QED) is 0.291. The van der Waals surface area contributed by atoms with E-state index in [2.05, 4.69) is 5.32 Å². The highest BCUT2D eigenvalue weighted by Gasteiger charge is 2.11. The second-order valence-electron chi connectivity index (χ2n) is 5.92.